The maximum atomic E-state index is 5.89. The number of benzene rings is 1. The lowest BCUT2D eigenvalue weighted by Crippen LogP contribution is -2.25. The molecular weight excluding hydrogens is 232 g/mol. The molecule has 3 rings (SSSR count). The Labute approximate surface area is 117 Å². The molecule has 0 bridgehead atoms. The van der Waals surface area contributed by atoms with Crippen LogP contribution in [0.2, 0.25) is 0 Å². The molecule has 1 aromatic carbocycles. The second-order valence-corrected chi connectivity index (χ2v) is 7.24. The van der Waals surface area contributed by atoms with E-state index in [4.69, 9.17) is 4.74 Å². The van der Waals surface area contributed by atoms with Crippen LogP contribution in [0.3, 0.4) is 0 Å². The van der Waals surface area contributed by atoms with E-state index in [0.29, 0.717) is 29.3 Å². The summed E-state index contributed by atoms with van der Waals surface area (Å²) in [5.74, 6) is 1.88. The van der Waals surface area contributed by atoms with Crippen LogP contribution in [-0.4, -0.2) is 6.10 Å². The third-order valence-corrected chi connectivity index (χ3v) is 6.08. The Hall–Kier alpha value is -0.820. The van der Waals surface area contributed by atoms with Crippen molar-refractivity contribution in [3.05, 3.63) is 34.4 Å². The lowest BCUT2D eigenvalue weighted by molar-refractivity contribution is 0.0241. The van der Waals surface area contributed by atoms with Crippen LogP contribution >= 0.6 is 0 Å². The minimum Gasteiger partial charge on any atom is -0.373 e. The molecule has 2 aliphatic rings. The van der Waals surface area contributed by atoms with Gasteiger partial charge in [0.05, 0.1) is 12.7 Å². The van der Waals surface area contributed by atoms with Crippen LogP contribution in [0.1, 0.15) is 75.6 Å². The highest BCUT2D eigenvalue weighted by molar-refractivity contribution is 5.49. The number of fused-ring (bicyclic) bond motifs is 2. The normalized spacial score (nSPS) is 35.9. The second-order valence-electron chi connectivity index (χ2n) is 7.24. The molecule has 0 saturated heterocycles. The summed E-state index contributed by atoms with van der Waals surface area (Å²) in [6.07, 6.45) is 0.338. The van der Waals surface area contributed by atoms with Crippen molar-refractivity contribution in [3.63, 3.8) is 0 Å². The summed E-state index contributed by atoms with van der Waals surface area (Å²) < 4.78 is 5.89. The van der Waals surface area contributed by atoms with Crippen molar-refractivity contribution in [3.8, 4) is 0 Å². The van der Waals surface area contributed by atoms with E-state index in [2.05, 4.69) is 53.7 Å². The van der Waals surface area contributed by atoms with Gasteiger partial charge < -0.3 is 4.74 Å². The van der Waals surface area contributed by atoms with E-state index in [1.165, 1.54) is 11.1 Å². The molecule has 0 N–H and O–H groups in total. The molecule has 1 heterocycles. The van der Waals surface area contributed by atoms with E-state index in [9.17, 15) is 0 Å². The van der Waals surface area contributed by atoms with Gasteiger partial charge in [-0.2, -0.15) is 0 Å². The quantitative estimate of drug-likeness (QED) is 0.653. The van der Waals surface area contributed by atoms with Crippen molar-refractivity contribution < 1.29 is 4.74 Å². The topological polar surface area (TPSA) is 9.23 Å². The summed E-state index contributed by atoms with van der Waals surface area (Å²) in [7, 11) is 0. The van der Waals surface area contributed by atoms with Crippen molar-refractivity contribution in [2.45, 2.75) is 71.5 Å². The van der Waals surface area contributed by atoms with Gasteiger partial charge in [-0.25, -0.2) is 0 Å². The fourth-order valence-electron chi connectivity index (χ4n) is 3.92. The van der Waals surface area contributed by atoms with Crippen molar-refractivity contribution in [1.29, 1.82) is 0 Å². The first-order chi connectivity index (χ1) is 8.84. The predicted octanol–water partition coefficient (Wildman–Crippen LogP) is 4.74. The monoisotopic (exact) mass is 258 g/mol. The lowest BCUT2D eigenvalue weighted by Gasteiger charge is -2.31. The highest BCUT2D eigenvalue weighted by atomic mass is 16.5. The SMILES string of the molecule is CC1OCc2cc3c(cc2C1C)C(C)(C)C(C)C3C. The molecule has 4 atom stereocenters. The maximum Gasteiger partial charge on any atom is 0.0723 e. The third-order valence-electron chi connectivity index (χ3n) is 6.08. The summed E-state index contributed by atoms with van der Waals surface area (Å²) in [5.41, 5.74) is 6.37. The van der Waals surface area contributed by atoms with Crippen molar-refractivity contribution in [2.75, 3.05) is 0 Å². The van der Waals surface area contributed by atoms with E-state index in [-0.39, 0.29) is 0 Å². The molecule has 0 radical (unpaired) electrons. The summed E-state index contributed by atoms with van der Waals surface area (Å²) in [4.78, 5) is 0. The van der Waals surface area contributed by atoms with Gasteiger partial charge in [0.25, 0.3) is 0 Å². The fraction of sp³-hybridized carbons (Fsp3) is 0.667. The van der Waals surface area contributed by atoms with Crippen LogP contribution < -0.4 is 0 Å². The van der Waals surface area contributed by atoms with E-state index in [1.807, 2.05) is 0 Å². The first-order valence-corrected chi connectivity index (χ1v) is 7.62. The molecular formula is C18H26O. The molecule has 4 unspecified atom stereocenters. The Morgan fingerprint density at radius 3 is 2.37 bits per heavy atom. The van der Waals surface area contributed by atoms with Gasteiger partial charge in [-0.1, -0.05) is 46.8 Å². The zero-order chi connectivity index (χ0) is 13.9. The first kappa shape index (κ1) is 13.2. The average molecular weight is 258 g/mol. The highest BCUT2D eigenvalue weighted by Crippen LogP contribution is 2.51. The fourth-order valence-corrected chi connectivity index (χ4v) is 3.92. The van der Waals surface area contributed by atoms with Gasteiger partial charge in [-0.05, 0) is 46.4 Å². The Balaban J connectivity index is 2.17. The van der Waals surface area contributed by atoms with Crippen LogP contribution in [-0.2, 0) is 16.8 Å². The van der Waals surface area contributed by atoms with Gasteiger partial charge in [0.15, 0.2) is 0 Å². The maximum absolute atomic E-state index is 5.89. The summed E-state index contributed by atoms with van der Waals surface area (Å²) in [6, 6.07) is 4.93. The zero-order valence-corrected chi connectivity index (χ0v) is 13.1. The van der Waals surface area contributed by atoms with Crippen LogP contribution in [0.15, 0.2) is 12.1 Å². The van der Waals surface area contributed by atoms with E-state index >= 15 is 0 Å². The number of hydrogen-bond acceptors (Lipinski definition) is 1. The smallest absolute Gasteiger partial charge is 0.0723 e. The predicted molar refractivity (Wildman–Crippen MR) is 79.7 cm³/mol. The standard InChI is InChI=1S/C18H26O/c1-10-12(3)18(5,6)17-8-15-11(2)13(4)19-9-14(15)7-16(10)17/h7-8,10-13H,9H2,1-6H3. The van der Waals surface area contributed by atoms with Gasteiger partial charge in [0.1, 0.15) is 0 Å². The van der Waals surface area contributed by atoms with Crippen molar-refractivity contribution >= 4 is 0 Å². The molecule has 1 aromatic rings. The Morgan fingerprint density at radius 2 is 1.68 bits per heavy atom. The van der Waals surface area contributed by atoms with E-state index < -0.39 is 0 Å². The van der Waals surface area contributed by atoms with Crippen molar-refractivity contribution in [2.24, 2.45) is 5.92 Å². The van der Waals surface area contributed by atoms with Gasteiger partial charge in [0, 0.05) is 5.92 Å². The Kier molecular flexibility index (Phi) is 2.83. The lowest BCUT2D eigenvalue weighted by atomic mass is 9.76. The molecule has 0 amide bonds. The van der Waals surface area contributed by atoms with Crippen molar-refractivity contribution in [1.82, 2.24) is 0 Å². The molecule has 1 aliphatic heterocycles. The summed E-state index contributed by atoms with van der Waals surface area (Å²) in [6.45, 7) is 14.9. The third kappa shape index (κ3) is 1.71. The number of hydrogen-bond donors (Lipinski definition) is 0. The summed E-state index contributed by atoms with van der Waals surface area (Å²) in [5, 5.41) is 0. The largest absolute Gasteiger partial charge is 0.373 e. The second kappa shape index (κ2) is 4.09. The molecule has 0 fully saturated rings. The summed E-state index contributed by atoms with van der Waals surface area (Å²) >= 11 is 0. The molecule has 0 saturated carbocycles. The first-order valence-electron chi connectivity index (χ1n) is 7.62. The van der Waals surface area contributed by atoms with Crippen LogP contribution in [0.5, 0.6) is 0 Å². The molecule has 1 nitrogen and oxygen atoms in total. The van der Waals surface area contributed by atoms with E-state index in [0.717, 1.165) is 6.61 Å². The minimum absolute atomic E-state index is 0.297. The number of ether oxygens (including phenoxy) is 1. The van der Waals surface area contributed by atoms with Gasteiger partial charge in [-0.15, -0.1) is 0 Å². The van der Waals surface area contributed by atoms with E-state index in [1.54, 1.807) is 11.1 Å². The number of rotatable bonds is 0. The molecule has 104 valence electrons. The molecule has 1 aliphatic carbocycles. The van der Waals surface area contributed by atoms with Crippen LogP contribution in [0, 0.1) is 5.92 Å². The minimum atomic E-state index is 0.297. The molecule has 1 heteroatoms. The van der Waals surface area contributed by atoms with Crippen LogP contribution in [0.25, 0.3) is 0 Å². The Bertz CT molecular complexity index is 515. The Morgan fingerprint density at radius 1 is 1.00 bits per heavy atom. The van der Waals surface area contributed by atoms with Gasteiger partial charge >= 0.3 is 0 Å². The highest BCUT2D eigenvalue weighted by Gasteiger charge is 2.42. The molecule has 0 aromatic heterocycles. The zero-order valence-electron chi connectivity index (χ0n) is 13.1. The average Bonchev–Trinajstić information content (AvgIpc) is 2.54. The molecule has 0 spiro atoms. The molecule has 19 heavy (non-hydrogen) atoms. The van der Waals surface area contributed by atoms with Crippen LogP contribution in [0.4, 0.5) is 0 Å². The van der Waals surface area contributed by atoms with Gasteiger partial charge in [0.2, 0.25) is 0 Å². The van der Waals surface area contributed by atoms with Gasteiger partial charge in [-0.3, -0.25) is 0 Å².